The van der Waals surface area contributed by atoms with Gasteiger partial charge in [0.1, 0.15) is 11.4 Å². The molecule has 0 saturated carbocycles. The minimum Gasteiger partial charge on any atom is -0.465 e. The number of aromatic nitrogens is 1. The van der Waals surface area contributed by atoms with E-state index >= 15 is 0 Å². The number of aliphatic hydroxyl groups is 1. The van der Waals surface area contributed by atoms with Crippen LogP contribution >= 0.6 is 0 Å². The molecule has 0 amide bonds. The van der Waals surface area contributed by atoms with Crippen LogP contribution in [0.25, 0.3) is 0 Å². The van der Waals surface area contributed by atoms with Gasteiger partial charge in [0.25, 0.3) is 0 Å². The maximum absolute atomic E-state index is 11.5. The fourth-order valence-electron chi connectivity index (χ4n) is 1.83. The van der Waals surface area contributed by atoms with Crippen molar-refractivity contribution in [2.75, 3.05) is 12.8 Å². The molecule has 1 unspecified atom stereocenters. The summed E-state index contributed by atoms with van der Waals surface area (Å²) in [7, 11) is 1.28. The zero-order valence-corrected chi connectivity index (χ0v) is 12.3. The van der Waals surface area contributed by atoms with Crippen molar-refractivity contribution in [3.63, 3.8) is 0 Å². The zero-order chi connectivity index (χ0) is 16.2. The third-order valence-corrected chi connectivity index (χ3v) is 3.12. The molecule has 1 atom stereocenters. The van der Waals surface area contributed by atoms with Crippen LogP contribution in [0, 0.1) is 11.8 Å². The van der Waals surface area contributed by atoms with E-state index in [0.717, 1.165) is 0 Å². The molecular formula is C17H16N2O3. The average Bonchev–Trinajstić information content (AvgIpc) is 2.54. The molecule has 0 aliphatic heterocycles. The van der Waals surface area contributed by atoms with Crippen LogP contribution in [0.5, 0.6) is 0 Å². The van der Waals surface area contributed by atoms with Crippen LogP contribution in [-0.2, 0) is 10.3 Å². The quantitative estimate of drug-likeness (QED) is 0.651. The van der Waals surface area contributed by atoms with E-state index in [1.807, 2.05) is 18.2 Å². The molecule has 0 fully saturated rings. The van der Waals surface area contributed by atoms with E-state index in [9.17, 15) is 9.90 Å². The highest BCUT2D eigenvalue weighted by molar-refractivity contribution is 5.89. The second-order valence-corrected chi connectivity index (χ2v) is 4.84. The molecule has 2 rings (SSSR count). The Morgan fingerprint density at radius 3 is 2.68 bits per heavy atom. The van der Waals surface area contributed by atoms with Gasteiger partial charge in [0, 0.05) is 6.20 Å². The first-order chi connectivity index (χ1) is 10.4. The first-order valence-corrected chi connectivity index (χ1v) is 6.59. The van der Waals surface area contributed by atoms with Crippen LogP contribution in [0.2, 0.25) is 0 Å². The van der Waals surface area contributed by atoms with Crippen molar-refractivity contribution < 1.29 is 14.6 Å². The van der Waals surface area contributed by atoms with Crippen molar-refractivity contribution in [1.82, 2.24) is 4.98 Å². The predicted molar refractivity (Wildman–Crippen MR) is 82.9 cm³/mol. The van der Waals surface area contributed by atoms with Crippen molar-refractivity contribution >= 4 is 11.8 Å². The second kappa shape index (κ2) is 6.29. The van der Waals surface area contributed by atoms with Crippen molar-refractivity contribution in [3.8, 4) is 11.8 Å². The Labute approximate surface area is 128 Å². The van der Waals surface area contributed by atoms with Crippen molar-refractivity contribution in [2.24, 2.45) is 0 Å². The summed E-state index contributed by atoms with van der Waals surface area (Å²) in [5.74, 6) is 5.19. The van der Waals surface area contributed by atoms with E-state index < -0.39 is 11.6 Å². The summed E-state index contributed by atoms with van der Waals surface area (Å²) in [6.07, 6.45) is 1.32. The van der Waals surface area contributed by atoms with E-state index in [-0.39, 0.29) is 11.4 Å². The Balaban J connectivity index is 2.37. The van der Waals surface area contributed by atoms with Gasteiger partial charge >= 0.3 is 5.97 Å². The summed E-state index contributed by atoms with van der Waals surface area (Å²) < 4.78 is 4.63. The number of esters is 1. The number of nitrogens with two attached hydrogens (primary N) is 1. The Morgan fingerprint density at radius 2 is 2.05 bits per heavy atom. The summed E-state index contributed by atoms with van der Waals surface area (Å²) in [5, 5.41) is 10.4. The molecule has 3 N–H and O–H groups in total. The minimum absolute atomic E-state index is 0.184. The number of rotatable bonds is 2. The van der Waals surface area contributed by atoms with Gasteiger partial charge in [-0.05, 0) is 18.6 Å². The third-order valence-electron chi connectivity index (χ3n) is 3.12. The third kappa shape index (κ3) is 3.43. The first-order valence-electron chi connectivity index (χ1n) is 6.59. The lowest BCUT2D eigenvalue weighted by Gasteiger charge is -2.16. The van der Waals surface area contributed by atoms with Gasteiger partial charge in [-0.1, -0.05) is 42.2 Å². The summed E-state index contributed by atoms with van der Waals surface area (Å²) in [5.41, 5.74) is 5.69. The van der Waals surface area contributed by atoms with Gasteiger partial charge in [-0.2, -0.15) is 0 Å². The highest BCUT2D eigenvalue weighted by atomic mass is 16.5. The molecule has 2 aromatic rings. The Hall–Kier alpha value is -2.84. The summed E-state index contributed by atoms with van der Waals surface area (Å²) in [6, 6.07) is 10.5. The molecule has 112 valence electrons. The van der Waals surface area contributed by atoms with Crippen molar-refractivity contribution in [1.29, 1.82) is 0 Å². The number of carbonyl (C=O) groups excluding carboxylic acids is 1. The molecule has 5 nitrogen and oxygen atoms in total. The number of methoxy groups -OCH3 is 1. The van der Waals surface area contributed by atoms with E-state index in [0.29, 0.717) is 11.1 Å². The lowest BCUT2D eigenvalue weighted by molar-refractivity contribution is 0.0600. The molecule has 0 spiro atoms. The standard InChI is InChI=1S/C17H16N2O3/c1-17(21,14-6-4-3-5-7-14)9-8-12-10-13(16(20)22-2)11-19-15(12)18/h3-7,10-11,21H,1-2H3,(H2,18,19). The van der Waals surface area contributed by atoms with E-state index in [1.165, 1.54) is 19.4 Å². The van der Waals surface area contributed by atoms with Crippen LogP contribution < -0.4 is 5.73 Å². The van der Waals surface area contributed by atoms with Gasteiger partial charge in [-0.15, -0.1) is 0 Å². The number of hydrogen-bond donors (Lipinski definition) is 2. The first kappa shape index (κ1) is 15.5. The topological polar surface area (TPSA) is 85.4 Å². The lowest BCUT2D eigenvalue weighted by Crippen LogP contribution is -2.18. The maximum Gasteiger partial charge on any atom is 0.339 e. The van der Waals surface area contributed by atoms with E-state index in [4.69, 9.17) is 5.73 Å². The minimum atomic E-state index is -1.34. The Kier molecular flexibility index (Phi) is 4.44. The number of benzene rings is 1. The van der Waals surface area contributed by atoms with Gasteiger partial charge in [0.2, 0.25) is 0 Å². The molecule has 0 saturated heterocycles. The highest BCUT2D eigenvalue weighted by Gasteiger charge is 2.19. The monoisotopic (exact) mass is 296 g/mol. The highest BCUT2D eigenvalue weighted by Crippen LogP contribution is 2.19. The van der Waals surface area contributed by atoms with Gasteiger partial charge in [-0.3, -0.25) is 0 Å². The van der Waals surface area contributed by atoms with E-state index in [2.05, 4.69) is 21.6 Å². The van der Waals surface area contributed by atoms with Crippen molar-refractivity contribution in [3.05, 3.63) is 59.3 Å². The van der Waals surface area contributed by atoms with Crippen LogP contribution in [0.1, 0.15) is 28.4 Å². The molecule has 0 aliphatic rings. The zero-order valence-electron chi connectivity index (χ0n) is 12.3. The van der Waals surface area contributed by atoms with Crippen LogP contribution in [0.15, 0.2) is 42.6 Å². The fourth-order valence-corrected chi connectivity index (χ4v) is 1.83. The van der Waals surface area contributed by atoms with E-state index in [1.54, 1.807) is 19.1 Å². The van der Waals surface area contributed by atoms with Gasteiger partial charge < -0.3 is 15.6 Å². The maximum atomic E-state index is 11.5. The lowest BCUT2D eigenvalue weighted by atomic mass is 9.96. The summed E-state index contributed by atoms with van der Waals surface area (Å²) in [4.78, 5) is 15.4. The fraction of sp³-hybridized carbons (Fsp3) is 0.176. The number of pyridine rings is 1. The van der Waals surface area contributed by atoms with Crippen molar-refractivity contribution in [2.45, 2.75) is 12.5 Å². The Bertz CT molecular complexity index is 743. The predicted octanol–water partition coefficient (Wildman–Crippen LogP) is 1.71. The number of carbonyl (C=O) groups is 1. The normalized spacial score (nSPS) is 12.7. The Morgan fingerprint density at radius 1 is 1.36 bits per heavy atom. The number of ether oxygens (including phenoxy) is 1. The van der Waals surface area contributed by atoms with Gasteiger partial charge in [-0.25, -0.2) is 9.78 Å². The summed E-state index contributed by atoms with van der Waals surface area (Å²) >= 11 is 0. The summed E-state index contributed by atoms with van der Waals surface area (Å²) in [6.45, 7) is 1.59. The van der Waals surface area contributed by atoms with Crippen LogP contribution in [0.4, 0.5) is 5.82 Å². The number of nitrogen functional groups attached to an aromatic ring is 1. The second-order valence-electron chi connectivity index (χ2n) is 4.84. The smallest absolute Gasteiger partial charge is 0.339 e. The molecule has 5 heteroatoms. The van der Waals surface area contributed by atoms with Crippen LogP contribution in [-0.4, -0.2) is 23.2 Å². The number of anilines is 1. The SMILES string of the molecule is COC(=O)c1cnc(N)c(C#CC(C)(O)c2ccccc2)c1. The average molecular weight is 296 g/mol. The largest absolute Gasteiger partial charge is 0.465 e. The molecule has 22 heavy (non-hydrogen) atoms. The molecule has 0 radical (unpaired) electrons. The molecular weight excluding hydrogens is 280 g/mol. The van der Waals surface area contributed by atoms with Gasteiger partial charge in [0.15, 0.2) is 0 Å². The van der Waals surface area contributed by atoms with Gasteiger partial charge in [0.05, 0.1) is 18.2 Å². The molecule has 0 bridgehead atoms. The molecule has 1 aromatic heterocycles. The van der Waals surface area contributed by atoms with Crippen LogP contribution in [0.3, 0.4) is 0 Å². The molecule has 1 heterocycles. The number of hydrogen-bond acceptors (Lipinski definition) is 5. The molecule has 1 aromatic carbocycles. The number of nitrogens with zero attached hydrogens (tertiary/aromatic N) is 1. The molecule has 0 aliphatic carbocycles.